The van der Waals surface area contributed by atoms with Crippen LogP contribution >= 0.6 is 0 Å². The third-order valence-electron chi connectivity index (χ3n) is 4.58. The fourth-order valence-corrected chi connectivity index (χ4v) is 4.05. The van der Waals surface area contributed by atoms with Gasteiger partial charge in [-0.05, 0) is 36.4 Å². The highest BCUT2D eigenvalue weighted by Gasteiger charge is 2.35. The molecule has 0 unspecified atom stereocenters. The lowest BCUT2D eigenvalue weighted by atomic mass is 10.2. The zero-order chi connectivity index (χ0) is 23.6. The number of aliphatic imine (C=N–C) groups is 1. The van der Waals surface area contributed by atoms with Crippen LogP contribution in [-0.2, 0) is 14.8 Å². The van der Waals surface area contributed by atoms with E-state index in [1.54, 1.807) is 54.7 Å². The molecule has 1 aliphatic heterocycles. The standard InChI is InChI=1S/C22H16N4O6S/c27-19-10-9-16(13-17(19)22(29)30)33(31,32)25-26-20(14-6-2-1-3-7-14)24-18(21(26)28)12-15-8-4-5-11-23-15/h1-13,25,27H,(H,29,30)/b18-12-. The molecule has 0 atom stereocenters. The van der Waals surface area contributed by atoms with Gasteiger partial charge in [-0.2, -0.15) is 0 Å². The second-order valence-electron chi connectivity index (χ2n) is 6.81. The molecule has 1 aliphatic rings. The van der Waals surface area contributed by atoms with Crippen molar-refractivity contribution in [2.45, 2.75) is 4.90 Å². The van der Waals surface area contributed by atoms with Crippen LogP contribution in [0, 0.1) is 0 Å². The molecule has 4 rings (SSSR count). The smallest absolute Gasteiger partial charge is 0.339 e. The number of aromatic carboxylic acids is 1. The average molecular weight is 464 g/mol. The number of sulfonamides is 1. The van der Waals surface area contributed by atoms with Crippen LogP contribution in [-0.4, -0.2) is 46.3 Å². The minimum atomic E-state index is -4.43. The summed E-state index contributed by atoms with van der Waals surface area (Å²) in [6.07, 6.45) is 2.96. The molecule has 3 N–H and O–H groups in total. The van der Waals surface area contributed by atoms with Crippen LogP contribution in [0.3, 0.4) is 0 Å². The quantitative estimate of drug-likeness (QED) is 0.472. The number of carboxylic acids is 1. The maximum atomic E-state index is 13.1. The zero-order valence-corrected chi connectivity index (χ0v) is 17.6. The number of pyridine rings is 1. The van der Waals surface area contributed by atoms with Gasteiger partial charge in [-0.1, -0.05) is 36.4 Å². The number of aromatic nitrogens is 1. The van der Waals surface area contributed by atoms with Gasteiger partial charge in [0.15, 0.2) is 5.84 Å². The van der Waals surface area contributed by atoms with E-state index in [9.17, 15) is 28.2 Å². The molecular weight excluding hydrogens is 448 g/mol. The van der Waals surface area contributed by atoms with E-state index in [0.29, 0.717) is 11.3 Å². The number of benzene rings is 2. The number of hydrogen-bond donors (Lipinski definition) is 3. The lowest BCUT2D eigenvalue weighted by Gasteiger charge is -2.19. The summed E-state index contributed by atoms with van der Waals surface area (Å²) in [6.45, 7) is 0. The summed E-state index contributed by atoms with van der Waals surface area (Å²) in [5.41, 5.74) is 0.270. The molecule has 0 radical (unpaired) electrons. The first-order chi connectivity index (χ1) is 15.8. The van der Waals surface area contributed by atoms with Crippen LogP contribution in [0.1, 0.15) is 21.6 Å². The highest BCUT2D eigenvalue weighted by atomic mass is 32.2. The maximum absolute atomic E-state index is 13.1. The Labute approximate surface area is 188 Å². The normalized spacial score (nSPS) is 15.0. The Balaban J connectivity index is 1.75. The SMILES string of the molecule is O=C(O)c1cc(S(=O)(=O)NN2C(=O)/C(=C/c3ccccn3)N=C2c2ccccc2)ccc1O. The van der Waals surface area contributed by atoms with Crippen molar-refractivity contribution in [3.63, 3.8) is 0 Å². The molecule has 1 amide bonds. The van der Waals surface area contributed by atoms with Crippen molar-refractivity contribution in [1.82, 2.24) is 14.8 Å². The molecule has 11 heteroatoms. The summed E-state index contributed by atoms with van der Waals surface area (Å²) in [5.74, 6) is -2.82. The number of hydrogen-bond acceptors (Lipinski definition) is 7. The van der Waals surface area contributed by atoms with E-state index in [-0.39, 0.29) is 11.5 Å². The van der Waals surface area contributed by atoms with Crippen molar-refractivity contribution >= 4 is 33.8 Å². The first kappa shape index (κ1) is 21.9. The number of aromatic hydroxyl groups is 1. The van der Waals surface area contributed by atoms with Crippen molar-refractivity contribution in [2.24, 2.45) is 4.99 Å². The van der Waals surface area contributed by atoms with E-state index in [0.717, 1.165) is 23.2 Å². The van der Waals surface area contributed by atoms with E-state index in [4.69, 9.17) is 0 Å². The van der Waals surface area contributed by atoms with Crippen molar-refractivity contribution in [1.29, 1.82) is 0 Å². The molecular formula is C22H16N4O6S. The predicted octanol–water partition coefficient (Wildman–Crippen LogP) is 2.01. The number of nitrogens with zero attached hydrogens (tertiary/aromatic N) is 3. The van der Waals surface area contributed by atoms with E-state index >= 15 is 0 Å². The molecule has 2 heterocycles. The molecule has 0 aliphatic carbocycles. The Bertz CT molecular complexity index is 1400. The van der Waals surface area contributed by atoms with Crippen LogP contribution < -0.4 is 4.83 Å². The lowest BCUT2D eigenvalue weighted by Crippen LogP contribution is -2.47. The number of carbonyl (C=O) groups is 2. The minimum absolute atomic E-state index is 0.0311. The number of hydrazine groups is 1. The molecule has 0 fully saturated rings. The molecule has 0 saturated carbocycles. The minimum Gasteiger partial charge on any atom is -0.507 e. The van der Waals surface area contributed by atoms with Gasteiger partial charge in [0, 0.05) is 11.8 Å². The summed E-state index contributed by atoms with van der Waals surface area (Å²) >= 11 is 0. The van der Waals surface area contributed by atoms with Gasteiger partial charge in [0.1, 0.15) is 17.0 Å². The van der Waals surface area contributed by atoms with Gasteiger partial charge in [-0.15, -0.1) is 4.83 Å². The Morgan fingerprint density at radius 2 is 1.76 bits per heavy atom. The number of rotatable bonds is 6. The second kappa shape index (κ2) is 8.65. The molecule has 0 saturated heterocycles. The largest absolute Gasteiger partial charge is 0.507 e. The molecule has 3 aromatic rings. The monoisotopic (exact) mass is 464 g/mol. The fourth-order valence-electron chi connectivity index (χ4n) is 3.01. The van der Waals surface area contributed by atoms with E-state index in [1.807, 2.05) is 0 Å². The van der Waals surface area contributed by atoms with Crippen LogP contribution in [0.5, 0.6) is 5.75 Å². The number of carboxylic acid groups (broad SMARTS) is 1. The van der Waals surface area contributed by atoms with Crippen molar-refractivity contribution in [2.75, 3.05) is 0 Å². The predicted molar refractivity (Wildman–Crippen MR) is 117 cm³/mol. The number of nitrogens with one attached hydrogen (secondary N) is 1. The first-order valence-corrected chi connectivity index (χ1v) is 10.9. The molecule has 2 aromatic carbocycles. The topological polar surface area (TPSA) is 149 Å². The second-order valence-corrected chi connectivity index (χ2v) is 8.47. The van der Waals surface area contributed by atoms with Gasteiger partial charge in [0.25, 0.3) is 15.9 Å². The van der Waals surface area contributed by atoms with E-state index < -0.39 is 38.1 Å². The van der Waals surface area contributed by atoms with Gasteiger partial charge in [-0.25, -0.2) is 23.2 Å². The third kappa shape index (κ3) is 4.49. The average Bonchev–Trinajstić information content (AvgIpc) is 3.09. The maximum Gasteiger partial charge on any atom is 0.339 e. The summed E-state index contributed by atoms with van der Waals surface area (Å²) in [5, 5.41) is 19.6. The number of amidine groups is 1. The highest BCUT2D eigenvalue weighted by molar-refractivity contribution is 7.89. The van der Waals surface area contributed by atoms with Crippen molar-refractivity contribution in [3.8, 4) is 5.75 Å². The number of amides is 1. The van der Waals surface area contributed by atoms with Crippen LogP contribution in [0.25, 0.3) is 6.08 Å². The number of carbonyl (C=O) groups excluding carboxylic acids is 1. The summed E-state index contributed by atoms with van der Waals surface area (Å²) in [4.78, 5) is 34.5. The Morgan fingerprint density at radius 1 is 1.03 bits per heavy atom. The first-order valence-electron chi connectivity index (χ1n) is 9.46. The molecule has 166 valence electrons. The van der Waals surface area contributed by atoms with Crippen molar-refractivity contribution < 1.29 is 28.2 Å². The van der Waals surface area contributed by atoms with Gasteiger partial charge >= 0.3 is 5.97 Å². The fraction of sp³-hybridized carbons (Fsp3) is 0. The van der Waals surface area contributed by atoms with Crippen molar-refractivity contribution in [3.05, 3.63) is 95.4 Å². The van der Waals surface area contributed by atoms with Crippen LogP contribution in [0.4, 0.5) is 0 Å². The van der Waals surface area contributed by atoms with E-state index in [1.165, 1.54) is 6.08 Å². The molecule has 10 nitrogen and oxygen atoms in total. The molecule has 0 spiro atoms. The highest BCUT2D eigenvalue weighted by Crippen LogP contribution is 2.24. The lowest BCUT2D eigenvalue weighted by molar-refractivity contribution is -0.123. The van der Waals surface area contributed by atoms with Gasteiger partial charge in [0.05, 0.1) is 10.6 Å². The third-order valence-corrected chi connectivity index (χ3v) is 5.88. The Morgan fingerprint density at radius 3 is 2.42 bits per heavy atom. The zero-order valence-electron chi connectivity index (χ0n) is 16.8. The van der Waals surface area contributed by atoms with Crippen LogP contribution in [0.15, 0.2) is 88.5 Å². The molecule has 1 aromatic heterocycles. The van der Waals surface area contributed by atoms with Crippen LogP contribution in [0.2, 0.25) is 0 Å². The molecule has 33 heavy (non-hydrogen) atoms. The summed E-state index contributed by atoms with van der Waals surface area (Å²) in [6, 6.07) is 16.3. The Hall–Kier alpha value is -4.35. The van der Waals surface area contributed by atoms with Gasteiger partial charge in [0.2, 0.25) is 0 Å². The van der Waals surface area contributed by atoms with E-state index in [2.05, 4.69) is 14.8 Å². The summed E-state index contributed by atoms with van der Waals surface area (Å²) in [7, 11) is -4.43. The Kier molecular flexibility index (Phi) is 5.73. The van der Waals surface area contributed by atoms with Gasteiger partial charge < -0.3 is 10.2 Å². The molecule has 0 bridgehead atoms. The number of phenols is 1. The van der Waals surface area contributed by atoms with Gasteiger partial charge in [-0.3, -0.25) is 9.78 Å². The summed E-state index contributed by atoms with van der Waals surface area (Å²) < 4.78 is 26.0.